The first-order chi connectivity index (χ1) is 8.47. The normalized spacial score (nSPS) is 17.2. The van der Waals surface area contributed by atoms with Crippen LogP contribution in [0.4, 0.5) is 0 Å². The Morgan fingerprint density at radius 2 is 2.22 bits per heavy atom. The Hall–Kier alpha value is -1.82. The molecule has 2 heterocycles. The molecule has 0 aromatic carbocycles. The first-order valence-electron chi connectivity index (χ1n) is 5.76. The van der Waals surface area contributed by atoms with Crippen LogP contribution in [0.3, 0.4) is 0 Å². The molecule has 1 aliphatic heterocycles. The number of carboxylic acids is 1. The Balaban J connectivity index is 2.04. The number of nitrogens with zero attached hydrogens (tertiary/aromatic N) is 2. The van der Waals surface area contributed by atoms with Crippen LogP contribution in [0.15, 0.2) is 10.5 Å². The minimum atomic E-state index is -0.989. The Kier molecular flexibility index (Phi) is 3.38. The molecule has 18 heavy (non-hydrogen) atoms. The van der Waals surface area contributed by atoms with Crippen molar-refractivity contribution in [3.63, 3.8) is 0 Å². The number of likely N-dealkylation sites (N-methyl/N-ethyl adjacent to an activating group) is 1. The van der Waals surface area contributed by atoms with E-state index >= 15 is 0 Å². The van der Waals surface area contributed by atoms with Crippen molar-refractivity contribution in [3.8, 4) is 0 Å². The second kappa shape index (κ2) is 4.81. The molecule has 0 bridgehead atoms. The molecule has 2 rings (SSSR count). The topological polar surface area (TPSA) is 74.0 Å². The molecule has 1 N–H and O–H groups in total. The lowest BCUT2D eigenvalue weighted by atomic mass is 10.2. The van der Waals surface area contributed by atoms with E-state index in [4.69, 9.17) is 9.52 Å². The number of furan rings is 1. The van der Waals surface area contributed by atoms with Crippen molar-refractivity contribution in [1.29, 1.82) is 0 Å². The van der Waals surface area contributed by atoms with Crippen molar-refractivity contribution in [1.82, 2.24) is 9.80 Å². The zero-order valence-electron chi connectivity index (χ0n) is 10.5. The van der Waals surface area contributed by atoms with Crippen LogP contribution in [0.5, 0.6) is 0 Å². The largest absolute Gasteiger partial charge is 0.478 e. The minimum Gasteiger partial charge on any atom is -0.478 e. The highest BCUT2D eigenvalue weighted by atomic mass is 16.4. The molecule has 0 aliphatic carbocycles. The average Bonchev–Trinajstić information content (AvgIpc) is 2.65. The summed E-state index contributed by atoms with van der Waals surface area (Å²) in [6.45, 7) is 3.89. The van der Waals surface area contributed by atoms with Gasteiger partial charge in [0.25, 0.3) is 0 Å². The fourth-order valence-corrected chi connectivity index (χ4v) is 2.00. The summed E-state index contributed by atoms with van der Waals surface area (Å²) in [6, 6.07) is 1.53. The smallest absolute Gasteiger partial charge is 0.339 e. The standard InChI is InChI=1S/C12H16N2O4/c1-8-10(12(16)17)5-9(18-8)6-14-4-3-13(2)11(15)7-14/h5H,3-4,6-7H2,1-2H3,(H,16,17). The van der Waals surface area contributed by atoms with E-state index in [0.29, 0.717) is 31.2 Å². The second-order valence-electron chi connectivity index (χ2n) is 4.51. The van der Waals surface area contributed by atoms with Gasteiger partial charge in [-0.1, -0.05) is 0 Å². The zero-order chi connectivity index (χ0) is 13.3. The molecule has 6 nitrogen and oxygen atoms in total. The van der Waals surface area contributed by atoms with Crippen LogP contribution < -0.4 is 0 Å². The van der Waals surface area contributed by atoms with Crippen molar-refractivity contribution >= 4 is 11.9 Å². The molecule has 0 radical (unpaired) electrons. The third-order valence-corrected chi connectivity index (χ3v) is 3.11. The molecule has 1 amide bonds. The van der Waals surface area contributed by atoms with Gasteiger partial charge < -0.3 is 14.4 Å². The summed E-state index contributed by atoms with van der Waals surface area (Å²) in [5.41, 5.74) is 0.186. The molecule has 1 aromatic rings. The van der Waals surface area contributed by atoms with Gasteiger partial charge in [0.1, 0.15) is 17.1 Å². The third-order valence-electron chi connectivity index (χ3n) is 3.11. The van der Waals surface area contributed by atoms with Gasteiger partial charge in [0.2, 0.25) is 5.91 Å². The van der Waals surface area contributed by atoms with Crippen molar-refractivity contribution < 1.29 is 19.1 Å². The van der Waals surface area contributed by atoms with Gasteiger partial charge in [-0.15, -0.1) is 0 Å². The van der Waals surface area contributed by atoms with Gasteiger partial charge >= 0.3 is 5.97 Å². The Morgan fingerprint density at radius 1 is 1.50 bits per heavy atom. The van der Waals surface area contributed by atoms with E-state index in [-0.39, 0.29) is 11.5 Å². The second-order valence-corrected chi connectivity index (χ2v) is 4.51. The first kappa shape index (κ1) is 12.6. The number of rotatable bonds is 3. The average molecular weight is 252 g/mol. The molecule has 1 aromatic heterocycles. The summed E-state index contributed by atoms with van der Waals surface area (Å²) in [5, 5.41) is 8.93. The lowest BCUT2D eigenvalue weighted by molar-refractivity contribution is -0.134. The van der Waals surface area contributed by atoms with Crippen molar-refractivity contribution in [2.45, 2.75) is 13.5 Å². The maximum absolute atomic E-state index is 11.5. The predicted octanol–water partition coefficient (Wildman–Crippen LogP) is 0.560. The van der Waals surface area contributed by atoms with E-state index in [2.05, 4.69) is 0 Å². The summed E-state index contributed by atoms with van der Waals surface area (Å²) in [6.07, 6.45) is 0. The molecular weight excluding hydrogens is 236 g/mol. The summed E-state index contributed by atoms with van der Waals surface area (Å²) in [4.78, 5) is 26.1. The number of piperazine rings is 1. The van der Waals surface area contributed by atoms with Gasteiger partial charge in [0.05, 0.1) is 13.1 Å². The molecule has 1 fully saturated rings. The van der Waals surface area contributed by atoms with Crippen LogP contribution in [0.2, 0.25) is 0 Å². The van der Waals surface area contributed by atoms with Crippen molar-refractivity contribution in [2.75, 3.05) is 26.7 Å². The van der Waals surface area contributed by atoms with Crippen LogP contribution in [-0.2, 0) is 11.3 Å². The van der Waals surface area contributed by atoms with Crippen LogP contribution in [0.25, 0.3) is 0 Å². The summed E-state index contributed by atoms with van der Waals surface area (Å²) in [5.74, 6) is 0.0696. The van der Waals surface area contributed by atoms with Gasteiger partial charge in [-0.3, -0.25) is 9.69 Å². The molecule has 0 spiro atoms. The zero-order valence-corrected chi connectivity index (χ0v) is 10.5. The van der Waals surface area contributed by atoms with Gasteiger partial charge in [0.15, 0.2) is 0 Å². The monoisotopic (exact) mass is 252 g/mol. The molecule has 98 valence electrons. The summed E-state index contributed by atoms with van der Waals surface area (Å²) < 4.78 is 5.39. The number of carbonyl (C=O) groups excluding carboxylic acids is 1. The number of hydrogen-bond acceptors (Lipinski definition) is 4. The fourth-order valence-electron chi connectivity index (χ4n) is 2.00. The van der Waals surface area contributed by atoms with E-state index < -0.39 is 5.97 Å². The lowest BCUT2D eigenvalue weighted by Crippen LogP contribution is -2.47. The van der Waals surface area contributed by atoms with E-state index in [1.54, 1.807) is 18.9 Å². The van der Waals surface area contributed by atoms with E-state index in [9.17, 15) is 9.59 Å². The molecule has 0 saturated carbocycles. The minimum absolute atomic E-state index is 0.0722. The van der Waals surface area contributed by atoms with Crippen LogP contribution in [0, 0.1) is 6.92 Å². The Bertz CT molecular complexity index is 480. The Labute approximate surface area is 105 Å². The molecule has 1 aliphatic rings. The fraction of sp³-hybridized carbons (Fsp3) is 0.500. The van der Waals surface area contributed by atoms with Gasteiger partial charge in [-0.2, -0.15) is 0 Å². The number of amides is 1. The number of aromatic carboxylic acids is 1. The molecule has 0 unspecified atom stereocenters. The van der Waals surface area contributed by atoms with Gasteiger partial charge in [0, 0.05) is 20.1 Å². The first-order valence-corrected chi connectivity index (χ1v) is 5.76. The highest BCUT2D eigenvalue weighted by molar-refractivity contribution is 5.88. The summed E-state index contributed by atoms with van der Waals surface area (Å²) >= 11 is 0. The molecular formula is C12H16N2O4. The highest BCUT2D eigenvalue weighted by Gasteiger charge is 2.22. The number of aryl methyl sites for hydroxylation is 1. The number of hydrogen-bond donors (Lipinski definition) is 1. The van der Waals surface area contributed by atoms with E-state index in [0.717, 1.165) is 6.54 Å². The van der Waals surface area contributed by atoms with Gasteiger partial charge in [-0.25, -0.2) is 4.79 Å². The quantitative estimate of drug-likeness (QED) is 0.850. The van der Waals surface area contributed by atoms with Crippen molar-refractivity contribution in [2.24, 2.45) is 0 Å². The third kappa shape index (κ3) is 2.53. The molecule has 0 atom stereocenters. The SMILES string of the molecule is Cc1oc(CN2CCN(C)C(=O)C2)cc1C(=O)O. The van der Waals surface area contributed by atoms with Gasteiger partial charge in [-0.05, 0) is 13.0 Å². The summed E-state index contributed by atoms with van der Waals surface area (Å²) in [7, 11) is 1.78. The van der Waals surface area contributed by atoms with Crippen LogP contribution in [0.1, 0.15) is 21.9 Å². The molecule has 6 heteroatoms. The number of carbonyl (C=O) groups is 2. The van der Waals surface area contributed by atoms with E-state index in [1.807, 2.05) is 4.90 Å². The van der Waals surface area contributed by atoms with E-state index in [1.165, 1.54) is 6.07 Å². The highest BCUT2D eigenvalue weighted by Crippen LogP contribution is 2.17. The maximum atomic E-state index is 11.5. The lowest BCUT2D eigenvalue weighted by Gasteiger charge is -2.31. The molecule has 1 saturated heterocycles. The maximum Gasteiger partial charge on any atom is 0.339 e. The van der Waals surface area contributed by atoms with Crippen LogP contribution in [-0.4, -0.2) is 53.5 Å². The van der Waals surface area contributed by atoms with Crippen molar-refractivity contribution in [3.05, 3.63) is 23.2 Å². The van der Waals surface area contributed by atoms with Crippen LogP contribution >= 0.6 is 0 Å². The predicted molar refractivity (Wildman–Crippen MR) is 63.3 cm³/mol. The Morgan fingerprint density at radius 3 is 2.78 bits per heavy atom. The number of carboxylic acid groups (broad SMARTS) is 1.